The Balaban J connectivity index is 3.14. The molecule has 0 aromatic rings. The van der Waals surface area contributed by atoms with Crippen molar-refractivity contribution in [2.24, 2.45) is 5.41 Å². The van der Waals surface area contributed by atoms with E-state index in [0.29, 0.717) is 6.10 Å². The maximum absolute atomic E-state index is 6.89. The molecule has 0 spiro atoms. The first-order chi connectivity index (χ1) is 12.9. The molecule has 3 heteroatoms. The van der Waals surface area contributed by atoms with E-state index in [2.05, 4.69) is 97.8 Å². The summed E-state index contributed by atoms with van der Waals surface area (Å²) in [6.07, 6.45) is 9.29. The molecule has 0 N–H and O–H groups in total. The van der Waals surface area contributed by atoms with Crippen LogP contribution in [-0.4, -0.2) is 22.5 Å². The van der Waals surface area contributed by atoms with Crippen LogP contribution in [0.1, 0.15) is 61.3 Å². The summed E-state index contributed by atoms with van der Waals surface area (Å²) < 4.78 is 6.89. The Morgan fingerprint density at radius 3 is 2.21 bits per heavy atom. The molecule has 1 aliphatic carbocycles. The number of rotatable bonds is 7. The van der Waals surface area contributed by atoms with Crippen molar-refractivity contribution < 1.29 is 4.43 Å². The Morgan fingerprint density at radius 2 is 1.71 bits per heavy atom. The number of hydrogen-bond acceptors (Lipinski definition) is 1. The molecule has 28 heavy (non-hydrogen) atoms. The fraction of sp³-hybridized carbons (Fsp3) is 0.680. The monoisotopic (exact) mass is 416 g/mol. The maximum atomic E-state index is 6.89. The standard InChI is InChI=1S/C25H44OSi2/c1-11-28(12-2,13-3)26-24-18-19-25(6,7)23(22(24)5)17-16-21(4)15-14-20-27(8,9)10/h15-17,24H,11-13,18-19H2,1-10H3/b17-16+,21-15+. The van der Waals surface area contributed by atoms with Gasteiger partial charge in [-0.15, -0.1) is 5.54 Å². The molecule has 158 valence electrons. The third-order valence-electron chi connectivity index (χ3n) is 6.25. The highest BCUT2D eigenvalue weighted by molar-refractivity contribution is 6.83. The van der Waals surface area contributed by atoms with Gasteiger partial charge in [-0.1, -0.05) is 72.3 Å². The molecule has 0 aliphatic heterocycles. The summed E-state index contributed by atoms with van der Waals surface area (Å²) in [5.41, 5.74) is 7.76. The summed E-state index contributed by atoms with van der Waals surface area (Å²) in [5.74, 6) is 3.27. The first-order valence-corrected chi connectivity index (χ1v) is 17.2. The Labute approximate surface area is 177 Å². The zero-order valence-electron chi connectivity index (χ0n) is 20.3. The third-order valence-corrected chi connectivity index (χ3v) is 11.8. The SMILES string of the molecule is CC[Si](CC)(CC)OC1CCC(C)(C)C(/C=C/C(C)=C/C#C[Si](C)(C)C)=C1C. The minimum Gasteiger partial charge on any atom is -0.410 e. The van der Waals surface area contributed by atoms with Crippen LogP contribution < -0.4 is 0 Å². The molecule has 1 rings (SSSR count). The topological polar surface area (TPSA) is 9.23 Å². The fourth-order valence-electron chi connectivity index (χ4n) is 3.99. The summed E-state index contributed by atoms with van der Waals surface area (Å²) in [7, 11) is -2.90. The van der Waals surface area contributed by atoms with Gasteiger partial charge in [0.05, 0.1) is 6.10 Å². The van der Waals surface area contributed by atoms with E-state index in [4.69, 9.17) is 4.43 Å². The Morgan fingerprint density at radius 1 is 1.14 bits per heavy atom. The van der Waals surface area contributed by atoms with E-state index in [1.807, 2.05) is 0 Å². The Kier molecular flexibility index (Phi) is 9.25. The molecular formula is C25H44OSi2. The molecule has 0 fully saturated rings. The molecule has 1 aliphatic rings. The van der Waals surface area contributed by atoms with Crippen molar-refractivity contribution in [2.75, 3.05) is 0 Å². The van der Waals surface area contributed by atoms with Crippen LogP contribution in [0.25, 0.3) is 0 Å². The highest BCUT2D eigenvalue weighted by Crippen LogP contribution is 2.43. The van der Waals surface area contributed by atoms with E-state index >= 15 is 0 Å². The van der Waals surface area contributed by atoms with Crippen molar-refractivity contribution in [3.63, 3.8) is 0 Å². The summed E-state index contributed by atoms with van der Waals surface area (Å²) in [4.78, 5) is 0. The second-order valence-corrected chi connectivity index (χ2v) is 19.6. The zero-order chi connectivity index (χ0) is 21.6. The van der Waals surface area contributed by atoms with Gasteiger partial charge in [-0.2, -0.15) is 0 Å². The van der Waals surface area contributed by atoms with Crippen molar-refractivity contribution >= 4 is 16.4 Å². The second-order valence-electron chi connectivity index (χ2n) is 10.1. The van der Waals surface area contributed by atoms with E-state index in [1.54, 1.807) is 0 Å². The summed E-state index contributed by atoms with van der Waals surface area (Å²) in [6.45, 7) is 23.0. The first-order valence-electron chi connectivity index (χ1n) is 11.2. The van der Waals surface area contributed by atoms with E-state index in [0.717, 1.165) is 6.42 Å². The van der Waals surface area contributed by atoms with E-state index < -0.39 is 16.4 Å². The van der Waals surface area contributed by atoms with Gasteiger partial charge in [0.1, 0.15) is 8.07 Å². The Bertz CT molecular complexity index is 665. The van der Waals surface area contributed by atoms with Crippen LogP contribution in [0.15, 0.2) is 34.9 Å². The lowest BCUT2D eigenvalue weighted by Crippen LogP contribution is -2.42. The minimum absolute atomic E-state index is 0.208. The predicted molar refractivity (Wildman–Crippen MR) is 132 cm³/mol. The van der Waals surface area contributed by atoms with E-state index in [-0.39, 0.29) is 5.41 Å². The zero-order valence-corrected chi connectivity index (χ0v) is 22.3. The van der Waals surface area contributed by atoms with Gasteiger partial charge < -0.3 is 4.43 Å². The van der Waals surface area contributed by atoms with Gasteiger partial charge in [0, 0.05) is 0 Å². The third kappa shape index (κ3) is 7.21. The van der Waals surface area contributed by atoms with Gasteiger partial charge >= 0.3 is 0 Å². The molecule has 0 saturated carbocycles. The van der Waals surface area contributed by atoms with Gasteiger partial charge in [-0.05, 0) is 73.0 Å². The average Bonchev–Trinajstić information content (AvgIpc) is 2.60. The molecule has 0 aromatic heterocycles. The quantitative estimate of drug-likeness (QED) is 0.233. The first kappa shape index (κ1) is 25.2. The fourth-order valence-corrected chi connectivity index (χ4v) is 7.39. The highest BCUT2D eigenvalue weighted by Gasteiger charge is 2.37. The molecular weight excluding hydrogens is 372 g/mol. The highest BCUT2D eigenvalue weighted by atomic mass is 28.4. The largest absolute Gasteiger partial charge is 0.410 e. The molecule has 0 saturated heterocycles. The smallest absolute Gasteiger partial charge is 0.192 e. The van der Waals surface area contributed by atoms with Crippen LogP contribution in [0, 0.1) is 16.9 Å². The minimum atomic E-state index is -1.59. The number of allylic oxidation sites excluding steroid dienone is 5. The van der Waals surface area contributed by atoms with Gasteiger partial charge in [-0.25, -0.2) is 0 Å². The molecule has 1 atom stereocenters. The summed E-state index contributed by atoms with van der Waals surface area (Å²) in [6, 6.07) is 3.65. The van der Waals surface area contributed by atoms with Gasteiger partial charge in [0.2, 0.25) is 0 Å². The van der Waals surface area contributed by atoms with Crippen LogP contribution in [0.5, 0.6) is 0 Å². The Hall–Kier alpha value is -0.826. The van der Waals surface area contributed by atoms with Gasteiger partial charge in [-0.3, -0.25) is 0 Å². The predicted octanol–water partition coefficient (Wildman–Crippen LogP) is 7.90. The number of hydrogen-bond donors (Lipinski definition) is 0. The van der Waals surface area contributed by atoms with Crippen LogP contribution in [0.2, 0.25) is 37.8 Å². The summed E-state index contributed by atoms with van der Waals surface area (Å²) in [5, 5.41) is 0. The van der Waals surface area contributed by atoms with Gasteiger partial charge in [0.25, 0.3) is 0 Å². The molecule has 0 radical (unpaired) electrons. The lowest BCUT2D eigenvalue weighted by molar-refractivity contribution is 0.173. The van der Waals surface area contributed by atoms with E-state index in [9.17, 15) is 0 Å². The molecule has 0 aromatic carbocycles. The van der Waals surface area contributed by atoms with Crippen LogP contribution in [0.4, 0.5) is 0 Å². The normalized spacial score (nSPS) is 21.1. The van der Waals surface area contributed by atoms with Crippen LogP contribution in [-0.2, 0) is 4.43 Å². The average molecular weight is 417 g/mol. The van der Waals surface area contributed by atoms with Crippen molar-refractivity contribution in [3.05, 3.63) is 34.9 Å². The van der Waals surface area contributed by atoms with Crippen LogP contribution >= 0.6 is 0 Å². The lowest BCUT2D eigenvalue weighted by Gasteiger charge is -2.41. The maximum Gasteiger partial charge on any atom is 0.192 e. The van der Waals surface area contributed by atoms with Gasteiger partial charge in [0.15, 0.2) is 8.32 Å². The van der Waals surface area contributed by atoms with Crippen LogP contribution in [0.3, 0.4) is 0 Å². The molecule has 0 amide bonds. The second kappa shape index (κ2) is 10.3. The molecule has 0 bridgehead atoms. The summed E-state index contributed by atoms with van der Waals surface area (Å²) >= 11 is 0. The van der Waals surface area contributed by atoms with Crippen molar-refractivity contribution in [3.8, 4) is 11.5 Å². The van der Waals surface area contributed by atoms with E-state index in [1.165, 1.54) is 41.3 Å². The molecule has 1 unspecified atom stereocenters. The lowest BCUT2D eigenvalue weighted by atomic mass is 9.71. The molecule has 1 nitrogen and oxygen atoms in total. The van der Waals surface area contributed by atoms with Crippen molar-refractivity contribution in [1.29, 1.82) is 0 Å². The van der Waals surface area contributed by atoms with Crippen molar-refractivity contribution in [2.45, 2.75) is 105 Å². The molecule has 0 heterocycles. The van der Waals surface area contributed by atoms with Crippen molar-refractivity contribution in [1.82, 2.24) is 0 Å².